The number of nitrogens with one attached hydrogen (secondary N) is 1. The maximum Gasteiger partial charge on any atom is 0.226 e. The van der Waals surface area contributed by atoms with Crippen molar-refractivity contribution >= 4 is 34.2 Å². The van der Waals surface area contributed by atoms with Crippen molar-refractivity contribution in [1.29, 1.82) is 0 Å². The first kappa shape index (κ1) is 15.2. The summed E-state index contributed by atoms with van der Waals surface area (Å²) in [5.41, 5.74) is 2.18. The van der Waals surface area contributed by atoms with Crippen LogP contribution < -0.4 is 5.32 Å². The van der Waals surface area contributed by atoms with Gasteiger partial charge in [-0.25, -0.2) is 4.98 Å². The van der Waals surface area contributed by atoms with Gasteiger partial charge in [0.15, 0.2) is 5.17 Å². The number of amidine groups is 1. The molecule has 0 radical (unpaired) electrons. The molecule has 0 unspecified atom stereocenters. The van der Waals surface area contributed by atoms with Gasteiger partial charge >= 0.3 is 0 Å². The molecule has 3 heterocycles. The largest absolute Gasteiger partial charge is 0.347 e. The van der Waals surface area contributed by atoms with Crippen LogP contribution in [0.4, 0.5) is 0 Å². The lowest BCUT2D eigenvalue weighted by molar-refractivity contribution is -0.121. The van der Waals surface area contributed by atoms with E-state index in [0.717, 1.165) is 60.3 Å². The highest BCUT2D eigenvalue weighted by molar-refractivity contribution is 8.16. The van der Waals surface area contributed by atoms with Gasteiger partial charge in [0.2, 0.25) is 5.91 Å². The quantitative estimate of drug-likeness (QED) is 0.912. The average molecular weight is 348 g/mol. The maximum atomic E-state index is 12.5. The van der Waals surface area contributed by atoms with E-state index in [9.17, 15) is 4.79 Å². The summed E-state index contributed by atoms with van der Waals surface area (Å²) in [6.07, 6.45) is 4.71. The van der Waals surface area contributed by atoms with Gasteiger partial charge in [0, 0.05) is 23.7 Å². The lowest BCUT2D eigenvalue weighted by atomic mass is 9.97. The molecule has 0 saturated carbocycles. The Hall–Kier alpha value is -1.34. The van der Waals surface area contributed by atoms with Gasteiger partial charge in [-0.2, -0.15) is 0 Å². The number of carbonyl (C=O) groups is 1. The van der Waals surface area contributed by atoms with Crippen molar-refractivity contribution in [2.45, 2.75) is 45.1 Å². The molecule has 1 amide bonds. The third-order valence-corrected chi connectivity index (χ3v) is 6.40. The normalized spacial score (nSPS) is 23.0. The SMILES string of the molecule is Cc1nc2c(s1)CCC[C@H]2NC(=O)CC1=CSC2=NCCCN12. The molecule has 7 heteroatoms. The first-order valence-corrected chi connectivity index (χ1v) is 9.83. The number of amides is 1. The summed E-state index contributed by atoms with van der Waals surface area (Å²) < 4.78 is 0. The zero-order chi connectivity index (χ0) is 15.8. The first-order valence-electron chi connectivity index (χ1n) is 8.14. The van der Waals surface area contributed by atoms with E-state index >= 15 is 0 Å². The molecule has 2 aliphatic heterocycles. The van der Waals surface area contributed by atoms with Crippen molar-refractivity contribution in [3.63, 3.8) is 0 Å². The van der Waals surface area contributed by atoms with Crippen molar-refractivity contribution < 1.29 is 4.79 Å². The van der Waals surface area contributed by atoms with E-state index in [0.29, 0.717) is 6.42 Å². The Bertz CT molecular complexity index is 694. The number of rotatable bonds is 3. The third-order valence-electron chi connectivity index (χ3n) is 4.40. The van der Waals surface area contributed by atoms with Crippen LogP contribution in [0.2, 0.25) is 0 Å². The lowest BCUT2D eigenvalue weighted by Crippen LogP contribution is -2.35. The fourth-order valence-electron chi connectivity index (χ4n) is 3.36. The Balaban J connectivity index is 1.41. The number of thioether (sulfide) groups is 1. The van der Waals surface area contributed by atoms with Gasteiger partial charge in [-0.1, -0.05) is 11.8 Å². The monoisotopic (exact) mass is 348 g/mol. The van der Waals surface area contributed by atoms with Gasteiger partial charge in [0.05, 0.1) is 23.2 Å². The number of aromatic nitrogens is 1. The number of aliphatic imine (C=N–C) groups is 1. The Morgan fingerprint density at radius 1 is 1.48 bits per heavy atom. The van der Waals surface area contributed by atoms with Gasteiger partial charge in [0.1, 0.15) is 0 Å². The summed E-state index contributed by atoms with van der Waals surface area (Å²) in [6, 6.07) is 0.0837. The van der Waals surface area contributed by atoms with Crippen LogP contribution in [0.15, 0.2) is 16.1 Å². The minimum atomic E-state index is 0.0837. The highest BCUT2D eigenvalue weighted by Gasteiger charge is 2.29. The molecule has 5 nitrogen and oxygen atoms in total. The van der Waals surface area contributed by atoms with Gasteiger partial charge in [0.25, 0.3) is 0 Å². The van der Waals surface area contributed by atoms with Crippen LogP contribution in [0.25, 0.3) is 0 Å². The third kappa shape index (κ3) is 3.04. The van der Waals surface area contributed by atoms with Gasteiger partial charge in [-0.05, 0) is 38.0 Å². The van der Waals surface area contributed by atoms with Gasteiger partial charge < -0.3 is 10.2 Å². The standard InChI is InChI=1S/C16H20N4OS2/c1-10-18-15-12(4-2-5-13(15)23-10)19-14(21)8-11-9-22-16-17-6-3-7-20(11)16/h9,12H,2-8H2,1H3,(H,19,21)/t12-/m1/s1. The van der Waals surface area contributed by atoms with Crippen LogP contribution in [0, 0.1) is 6.92 Å². The molecule has 1 atom stereocenters. The van der Waals surface area contributed by atoms with Crippen LogP contribution in [-0.2, 0) is 11.2 Å². The fourth-order valence-corrected chi connectivity index (χ4v) is 5.36. The van der Waals surface area contributed by atoms with E-state index in [2.05, 4.69) is 25.6 Å². The second-order valence-corrected chi connectivity index (χ2v) is 8.25. The van der Waals surface area contributed by atoms with Crippen molar-refractivity contribution in [1.82, 2.24) is 15.2 Å². The molecule has 0 fully saturated rings. The van der Waals surface area contributed by atoms with E-state index in [-0.39, 0.29) is 11.9 Å². The zero-order valence-corrected chi connectivity index (χ0v) is 14.8. The molecule has 0 aromatic carbocycles. The topological polar surface area (TPSA) is 57.6 Å². The predicted molar refractivity (Wildman–Crippen MR) is 94.6 cm³/mol. The molecule has 4 rings (SSSR count). The Kier molecular flexibility index (Phi) is 4.15. The number of aryl methyl sites for hydroxylation is 2. The fraction of sp³-hybridized carbons (Fsp3) is 0.562. The number of hydrogen-bond acceptors (Lipinski definition) is 6. The second kappa shape index (κ2) is 6.28. The average Bonchev–Trinajstić information content (AvgIpc) is 3.11. The molecular weight excluding hydrogens is 328 g/mol. The van der Waals surface area contributed by atoms with Crippen molar-refractivity contribution in [3.8, 4) is 0 Å². The van der Waals surface area contributed by atoms with Gasteiger partial charge in [-0.15, -0.1) is 11.3 Å². The number of carbonyl (C=O) groups excluding carboxylic acids is 1. The van der Waals surface area contributed by atoms with Crippen LogP contribution in [0.3, 0.4) is 0 Å². The Labute approximate surface area is 144 Å². The van der Waals surface area contributed by atoms with Crippen molar-refractivity contribution in [3.05, 3.63) is 26.7 Å². The molecule has 23 heavy (non-hydrogen) atoms. The molecule has 1 aliphatic carbocycles. The predicted octanol–water partition coefficient (Wildman–Crippen LogP) is 2.99. The van der Waals surface area contributed by atoms with Crippen LogP contribution >= 0.6 is 23.1 Å². The zero-order valence-electron chi connectivity index (χ0n) is 13.2. The van der Waals surface area contributed by atoms with E-state index in [1.807, 2.05) is 6.92 Å². The Morgan fingerprint density at radius 2 is 2.39 bits per heavy atom. The summed E-state index contributed by atoms with van der Waals surface area (Å²) in [7, 11) is 0. The molecule has 0 spiro atoms. The molecule has 122 valence electrons. The molecule has 0 saturated heterocycles. The minimum Gasteiger partial charge on any atom is -0.347 e. The first-order chi connectivity index (χ1) is 11.2. The Morgan fingerprint density at radius 3 is 3.30 bits per heavy atom. The van der Waals surface area contributed by atoms with Gasteiger partial charge in [-0.3, -0.25) is 9.79 Å². The number of thiazole rings is 1. The number of fused-ring (bicyclic) bond motifs is 2. The number of hydrogen-bond donors (Lipinski definition) is 1. The lowest BCUT2D eigenvalue weighted by Gasteiger charge is -2.26. The smallest absolute Gasteiger partial charge is 0.226 e. The van der Waals surface area contributed by atoms with Crippen LogP contribution in [0.5, 0.6) is 0 Å². The van der Waals surface area contributed by atoms with Crippen molar-refractivity contribution in [2.75, 3.05) is 13.1 Å². The molecule has 1 N–H and O–H groups in total. The molecular formula is C16H20N4OS2. The van der Waals surface area contributed by atoms with E-state index in [4.69, 9.17) is 0 Å². The number of nitrogens with zero attached hydrogens (tertiary/aromatic N) is 3. The van der Waals surface area contributed by atoms with E-state index < -0.39 is 0 Å². The maximum absolute atomic E-state index is 12.5. The summed E-state index contributed by atoms with van der Waals surface area (Å²) in [5.74, 6) is 0.0900. The highest BCUT2D eigenvalue weighted by Crippen LogP contribution is 2.34. The molecule has 1 aromatic heterocycles. The summed E-state index contributed by atoms with van der Waals surface area (Å²) in [6.45, 7) is 3.92. The van der Waals surface area contributed by atoms with E-state index in [1.54, 1.807) is 23.1 Å². The molecule has 1 aromatic rings. The highest BCUT2D eigenvalue weighted by atomic mass is 32.2. The second-order valence-electron chi connectivity index (χ2n) is 6.13. The minimum absolute atomic E-state index is 0.0837. The van der Waals surface area contributed by atoms with E-state index in [1.165, 1.54) is 4.88 Å². The summed E-state index contributed by atoms with van der Waals surface area (Å²) >= 11 is 3.41. The summed E-state index contributed by atoms with van der Waals surface area (Å²) in [4.78, 5) is 25.2. The molecule has 0 bridgehead atoms. The van der Waals surface area contributed by atoms with Crippen molar-refractivity contribution in [2.24, 2.45) is 4.99 Å². The van der Waals surface area contributed by atoms with Crippen LogP contribution in [-0.4, -0.2) is 34.0 Å². The van der Waals surface area contributed by atoms with Crippen LogP contribution in [0.1, 0.15) is 47.3 Å². The summed E-state index contributed by atoms with van der Waals surface area (Å²) in [5, 5.41) is 7.42. The molecule has 3 aliphatic rings.